The van der Waals surface area contributed by atoms with E-state index < -0.39 is 10.0 Å². The Balaban J connectivity index is 0.00000400. The first-order chi connectivity index (χ1) is 9.37. The SMILES string of the molecule is CN(C)CCCc1ccc(CCNNS(C)(=O)=O)cc1.Cl. The third-order valence-electron chi connectivity index (χ3n) is 2.89. The Morgan fingerprint density at radius 3 is 2.05 bits per heavy atom. The normalized spacial score (nSPS) is 11.4. The first-order valence-corrected chi connectivity index (χ1v) is 8.68. The molecule has 0 saturated heterocycles. The van der Waals surface area contributed by atoms with Gasteiger partial charge >= 0.3 is 0 Å². The van der Waals surface area contributed by atoms with Crippen molar-refractivity contribution < 1.29 is 8.42 Å². The van der Waals surface area contributed by atoms with Crippen LogP contribution in [0.3, 0.4) is 0 Å². The smallest absolute Gasteiger partial charge is 0.221 e. The number of hydrogen-bond acceptors (Lipinski definition) is 4. The lowest BCUT2D eigenvalue weighted by Crippen LogP contribution is -2.37. The molecule has 0 fully saturated rings. The molecule has 1 aromatic rings. The highest BCUT2D eigenvalue weighted by Crippen LogP contribution is 2.07. The van der Waals surface area contributed by atoms with Gasteiger partial charge in [0.25, 0.3) is 0 Å². The van der Waals surface area contributed by atoms with Crippen LogP contribution in [0.1, 0.15) is 17.5 Å². The number of nitrogens with zero attached hydrogens (tertiary/aromatic N) is 1. The summed E-state index contributed by atoms with van der Waals surface area (Å²) in [4.78, 5) is 4.45. The molecule has 0 atom stereocenters. The van der Waals surface area contributed by atoms with Crippen molar-refractivity contribution in [1.29, 1.82) is 0 Å². The monoisotopic (exact) mass is 335 g/mol. The third kappa shape index (κ3) is 10.7. The largest absolute Gasteiger partial charge is 0.309 e. The van der Waals surface area contributed by atoms with Gasteiger partial charge in [-0.1, -0.05) is 24.3 Å². The summed E-state index contributed by atoms with van der Waals surface area (Å²) in [5.74, 6) is 0. The van der Waals surface area contributed by atoms with E-state index in [1.165, 1.54) is 11.1 Å². The molecule has 1 aromatic carbocycles. The molecule has 5 nitrogen and oxygen atoms in total. The van der Waals surface area contributed by atoms with Crippen molar-refractivity contribution in [3.63, 3.8) is 0 Å². The lowest BCUT2D eigenvalue weighted by molar-refractivity contribution is 0.400. The summed E-state index contributed by atoms with van der Waals surface area (Å²) < 4.78 is 21.7. The second-order valence-corrected chi connectivity index (χ2v) is 7.02. The van der Waals surface area contributed by atoms with Gasteiger partial charge in [-0.3, -0.25) is 0 Å². The molecule has 0 aromatic heterocycles. The van der Waals surface area contributed by atoms with Crippen LogP contribution in [-0.2, 0) is 22.9 Å². The van der Waals surface area contributed by atoms with Crippen LogP contribution in [0.2, 0.25) is 0 Å². The lowest BCUT2D eigenvalue weighted by atomic mass is 10.1. The van der Waals surface area contributed by atoms with Gasteiger partial charge in [0.2, 0.25) is 10.0 Å². The molecule has 2 N–H and O–H groups in total. The van der Waals surface area contributed by atoms with Crippen LogP contribution in [0, 0.1) is 0 Å². The molecule has 0 amide bonds. The number of hydrogen-bond donors (Lipinski definition) is 2. The topological polar surface area (TPSA) is 61.4 Å². The van der Waals surface area contributed by atoms with Crippen molar-refractivity contribution in [2.24, 2.45) is 0 Å². The molecule has 0 radical (unpaired) electrons. The number of halogens is 1. The number of rotatable bonds is 9. The van der Waals surface area contributed by atoms with Gasteiger partial charge in [-0.2, -0.15) is 4.83 Å². The molecule has 0 bridgehead atoms. The molecular formula is C14H26ClN3O2S. The zero-order chi connectivity index (χ0) is 15.0. The van der Waals surface area contributed by atoms with Gasteiger partial charge in [-0.05, 0) is 51.0 Å². The second kappa shape index (κ2) is 10.1. The van der Waals surface area contributed by atoms with Crippen LogP contribution in [0.5, 0.6) is 0 Å². The maximum Gasteiger partial charge on any atom is 0.221 e. The molecule has 0 spiro atoms. The molecule has 0 aliphatic heterocycles. The Morgan fingerprint density at radius 2 is 1.57 bits per heavy atom. The Morgan fingerprint density at radius 1 is 1.05 bits per heavy atom. The quantitative estimate of drug-likeness (QED) is 0.526. The predicted octanol–water partition coefficient (Wildman–Crippen LogP) is 1.20. The highest BCUT2D eigenvalue weighted by molar-refractivity contribution is 7.88. The number of benzene rings is 1. The molecule has 7 heteroatoms. The van der Waals surface area contributed by atoms with Crippen LogP contribution in [0.15, 0.2) is 24.3 Å². The highest BCUT2D eigenvalue weighted by atomic mass is 35.5. The van der Waals surface area contributed by atoms with E-state index in [0.29, 0.717) is 6.54 Å². The van der Waals surface area contributed by atoms with Crippen LogP contribution >= 0.6 is 12.4 Å². The first-order valence-electron chi connectivity index (χ1n) is 6.79. The molecule has 1 rings (SSSR count). The fraction of sp³-hybridized carbons (Fsp3) is 0.571. The van der Waals surface area contributed by atoms with E-state index in [9.17, 15) is 8.42 Å². The van der Waals surface area contributed by atoms with Gasteiger partial charge in [-0.25, -0.2) is 13.8 Å². The number of hydrazine groups is 1. The lowest BCUT2D eigenvalue weighted by Gasteiger charge is -2.09. The van der Waals surface area contributed by atoms with Crippen LogP contribution < -0.4 is 10.3 Å². The summed E-state index contributed by atoms with van der Waals surface area (Å²) in [5, 5.41) is 0. The van der Waals surface area contributed by atoms with E-state index in [4.69, 9.17) is 0 Å². The van der Waals surface area contributed by atoms with Gasteiger partial charge in [0, 0.05) is 6.54 Å². The van der Waals surface area contributed by atoms with Crippen LogP contribution in [-0.4, -0.2) is 46.8 Å². The van der Waals surface area contributed by atoms with E-state index in [1.54, 1.807) is 0 Å². The van der Waals surface area contributed by atoms with Gasteiger partial charge in [0.15, 0.2) is 0 Å². The van der Waals surface area contributed by atoms with Crippen molar-refractivity contribution in [3.8, 4) is 0 Å². The minimum atomic E-state index is -3.17. The highest BCUT2D eigenvalue weighted by Gasteiger charge is 1.99. The average Bonchev–Trinajstić information content (AvgIpc) is 2.35. The van der Waals surface area contributed by atoms with Crippen molar-refractivity contribution in [3.05, 3.63) is 35.4 Å². The van der Waals surface area contributed by atoms with Gasteiger partial charge in [0.05, 0.1) is 6.26 Å². The van der Waals surface area contributed by atoms with Crippen molar-refractivity contribution in [1.82, 2.24) is 15.2 Å². The van der Waals surface area contributed by atoms with E-state index >= 15 is 0 Å². The molecule has 0 unspecified atom stereocenters. The van der Waals surface area contributed by atoms with Crippen molar-refractivity contribution in [2.75, 3.05) is 33.4 Å². The molecule has 0 aliphatic rings. The molecular weight excluding hydrogens is 310 g/mol. The third-order valence-corrected chi connectivity index (χ3v) is 3.41. The van der Waals surface area contributed by atoms with E-state index in [2.05, 4.69) is 53.5 Å². The minimum Gasteiger partial charge on any atom is -0.309 e. The molecule has 0 saturated carbocycles. The van der Waals surface area contributed by atoms with Gasteiger partial charge < -0.3 is 4.90 Å². The summed E-state index contributed by atoms with van der Waals surface area (Å²) in [6, 6.07) is 8.50. The van der Waals surface area contributed by atoms with Gasteiger partial charge in [0.1, 0.15) is 0 Å². The molecule has 0 aliphatic carbocycles. The van der Waals surface area contributed by atoms with Crippen molar-refractivity contribution in [2.45, 2.75) is 19.3 Å². The summed E-state index contributed by atoms with van der Waals surface area (Å²) in [5.41, 5.74) is 5.24. The predicted molar refractivity (Wildman–Crippen MR) is 90.3 cm³/mol. The minimum absolute atomic E-state index is 0. The second-order valence-electron chi connectivity index (χ2n) is 5.27. The number of aryl methyl sites for hydroxylation is 1. The van der Waals surface area contributed by atoms with E-state index in [1.807, 2.05) is 0 Å². The molecule has 0 heterocycles. The number of nitrogens with one attached hydrogen (secondary N) is 2. The van der Waals surface area contributed by atoms with E-state index in [0.717, 1.165) is 32.1 Å². The molecule has 122 valence electrons. The zero-order valence-corrected chi connectivity index (χ0v) is 14.6. The summed E-state index contributed by atoms with van der Waals surface area (Å²) in [7, 11) is 1.00. The Bertz CT molecular complexity index is 489. The zero-order valence-electron chi connectivity index (χ0n) is 12.9. The first kappa shape index (κ1) is 20.3. The van der Waals surface area contributed by atoms with E-state index in [-0.39, 0.29) is 12.4 Å². The fourth-order valence-corrected chi connectivity index (χ4v) is 2.23. The summed E-state index contributed by atoms with van der Waals surface area (Å²) in [6.07, 6.45) is 4.17. The van der Waals surface area contributed by atoms with Crippen molar-refractivity contribution >= 4 is 22.4 Å². The summed E-state index contributed by atoms with van der Waals surface area (Å²) in [6.45, 7) is 1.68. The standard InChI is InChI=1S/C14H25N3O2S.ClH/c1-17(2)12-4-5-13-6-8-14(9-7-13)10-11-15-16-20(3,18)19;/h6-9,15-16H,4-5,10-12H2,1-3H3;1H. The molecule has 21 heavy (non-hydrogen) atoms. The maximum atomic E-state index is 10.9. The Labute approximate surface area is 134 Å². The van der Waals surface area contributed by atoms with Crippen LogP contribution in [0.4, 0.5) is 0 Å². The summed E-state index contributed by atoms with van der Waals surface area (Å²) >= 11 is 0. The number of sulfonamides is 1. The van der Waals surface area contributed by atoms with Crippen LogP contribution in [0.25, 0.3) is 0 Å². The maximum absolute atomic E-state index is 10.9. The Kier molecular flexibility index (Phi) is 9.81. The Hall–Kier alpha value is -0.660. The van der Waals surface area contributed by atoms with Gasteiger partial charge in [-0.15, -0.1) is 12.4 Å². The fourth-order valence-electron chi connectivity index (χ4n) is 1.86. The average molecular weight is 336 g/mol.